The van der Waals surface area contributed by atoms with Gasteiger partial charge < -0.3 is 10.1 Å². The molecule has 1 fully saturated rings. The summed E-state index contributed by atoms with van der Waals surface area (Å²) in [4.78, 5) is 30.2. The number of aromatic nitrogens is 4. The lowest BCUT2D eigenvalue weighted by molar-refractivity contribution is 0.242. The molecule has 8 nitrogen and oxygen atoms in total. The highest BCUT2D eigenvalue weighted by atomic mass is 16.5. The topological polar surface area (TPSA) is 83.1 Å². The van der Waals surface area contributed by atoms with Crippen molar-refractivity contribution < 1.29 is 4.74 Å². The second-order valence-corrected chi connectivity index (χ2v) is 8.69. The van der Waals surface area contributed by atoms with E-state index in [0.29, 0.717) is 29.7 Å². The minimum atomic E-state index is -0.374. The average molecular weight is 426 g/mol. The molecule has 2 aromatic heterocycles. The van der Waals surface area contributed by atoms with Crippen LogP contribution in [0.15, 0.2) is 33.9 Å². The Labute approximate surface area is 181 Å². The summed E-state index contributed by atoms with van der Waals surface area (Å²) in [6.07, 6.45) is 5.92. The van der Waals surface area contributed by atoms with Crippen LogP contribution in [-0.2, 0) is 20.6 Å². The van der Waals surface area contributed by atoms with Crippen LogP contribution >= 0.6 is 0 Å². The maximum Gasteiger partial charge on any atom is 0.332 e. The average Bonchev–Trinajstić information content (AvgIpc) is 3.10. The number of aryl methyl sites for hydroxylation is 1. The van der Waals surface area contributed by atoms with E-state index in [1.165, 1.54) is 30.9 Å². The molecular formula is C23H31N5O3. The van der Waals surface area contributed by atoms with Crippen LogP contribution in [0.3, 0.4) is 0 Å². The standard InChI is InChI=1S/C23H31N5O3/c1-15(2)31-18-12-10-16(11-13-18)14-28-19-20(26(3)23(30)27(4)21(19)29)25-22(28)24-17-8-6-5-7-9-17/h10-13,15,17H,5-9,14H2,1-4H3,(H,24,25). The zero-order valence-corrected chi connectivity index (χ0v) is 18.7. The summed E-state index contributed by atoms with van der Waals surface area (Å²) in [6, 6.07) is 8.21. The number of ether oxygens (including phenoxy) is 1. The van der Waals surface area contributed by atoms with E-state index >= 15 is 0 Å². The Kier molecular flexibility index (Phi) is 5.89. The van der Waals surface area contributed by atoms with Crippen LogP contribution in [0.5, 0.6) is 5.75 Å². The van der Waals surface area contributed by atoms with Gasteiger partial charge in [0.1, 0.15) is 5.75 Å². The quantitative estimate of drug-likeness (QED) is 0.656. The fraction of sp³-hybridized carbons (Fsp3) is 0.522. The van der Waals surface area contributed by atoms with Gasteiger partial charge in [0.2, 0.25) is 5.95 Å². The molecule has 0 radical (unpaired) electrons. The Morgan fingerprint density at radius 2 is 1.74 bits per heavy atom. The zero-order valence-electron chi connectivity index (χ0n) is 18.7. The molecule has 3 aromatic rings. The lowest BCUT2D eigenvalue weighted by atomic mass is 9.96. The van der Waals surface area contributed by atoms with Gasteiger partial charge in [-0.05, 0) is 44.4 Å². The molecule has 0 aliphatic heterocycles. The van der Waals surface area contributed by atoms with Crippen molar-refractivity contribution in [3.8, 4) is 5.75 Å². The van der Waals surface area contributed by atoms with E-state index in [-0.39, 0.29) is 17.4 Å². The minimum absolute atomic E-state index is 0.110. The van der Waals surface area contributed by atoms with Crippen LogP contribution in [0.25, 0.3) is 11.2 Å². The lowest BCUT2D eigenvalue weighted by Crippen LogP contribution is -2.37. The first kappa shape index (κ1) is 21.2. The Bertz CT molecular complexity index is 1180. The maximum atomic E-state index is 13.0. The molecule has 166 valence electrons. The van der Waals surface area contributed by atoms with Crippen molar-refractivity contribution in [2.24, 2.45) is 14.1 Å². The molecule has 0 bridgehead atoms. The Morgan fingerprint density at radius 1 is 1.06 bits per heavy atom. The monoisotopic (exact) mass is 425 g/mol. The number of nitrogens with one attached hydrogen (secondary N) is 1. The summed E-state index contributed by atoms with van der Waals surface area (Å²) >= 11 is 0. The first-order valence-electron chi connectivity index (χ1n) is 11.0. The molecule has 31 heavy (non-hydrogen) atoms. The van der Waals surface area contributed by atoms with Crippen molar-refractivity contribution >= 4 is 17.1 Å². The second kappa shape index (κ2) is 8.61. The maximum absolute atomic E-state index is 13.0. The third-order valence-electron chi connectivity index (χ3n) is 5.92. The van der Waals surface area contributed by atoms with Crippen LogP contribution in [0, 0.1) is 0 Å². The first-order valence-corrected chi connectivity index (χ1v) is 11.0. The number of benzene rings is 1. The minimum Gasteiger partial charge on any atom is -0.491 e. The van der Waals surface area contributed by atoms with Gasteiger partial charge in [-0.25, -0.2) is 4.79 Å². The molecule has 0 spiro atoms. The van der Waals surface area contributed by atoms with Crippen LogP contribution in [0.4, 0.5) is 5.95 Å². The fourth-order valence-corrected chi connectivity index (χ4v) is 4.27. The lowest BCUT2D eigenvalue weighted by Gasteiger charge is -2.23. The SMILES string of the molecule is CC(C)Oc1ccc(Cn2c(NC3CCCCC3)nc3c2c(=O)n(C)c(=O)n3C)cc1. The second-order valence-electron chi connectivity index (χ2n) is 8.69. The summed E-state index contributed by atoms with van der Waals surface area (Å²) in [6.45, 7) is 4.46. The van der Waals surface area contributed by atoms with Crippen LogP contribution in [0.1, 0.15) is 51.5 Å². The van der Waals surface area contributed by atoms with E-state index in [1.54, 1.807) is 7.05 Å². The molecule has 0 amide bonds. The van der Waals surface area contributed by atoms with Gasteiger partial charge in [0.25, 0.3) is 5.56 Å². The molecule has 4 rings (SSSR count). The van der Waals surface area contributed by atoms with Crippen molar-refractivity contribution in [3.05, 3.63) is 50.7 Å². The predicted molar refractivity (Wildman–Crippen MR) is 122 cm³/mol. The smallest absolute Gasteiger partial charge is 0.332 e. The summed E-state index contributed by atoms with van der Waals surface area (Å²) in [5, 5.41) is 3.55. The Hall–Kier alpha value is -3.03. The molecule has 1 aromatic carbocycles. The summed E-state index contributed by atoms with van der Waals surface area (Å²) in [7, 11) is 3.16. The van der Waals surface area contributed by atoms with Gasteiger partial charge in [-0.15, -0.1) is 0 Å². The molecule has 0 unspecified atom stereocenters. The van der Waals surface area contributed by atoms with Gasteiger partial charge in [0.15, 0.2) is 11.2 Å². The van der Waals surface area contributed by atoms with Gasteiger partial charge >= 0.3 is 5.69 Å². The normalized spacial score (nSPS) is 15.0. The van der Waals surface area contributed by atoms with Crippen molar-refractivity contribution in [3.63, 3.8) is 0 Å². The first-order chi connectivity index (χ1) is 14.8. The molecule has 1 N–H and O–H groups in total. The molecule has 0 saturated heterocycles. The molecule has 1 aliphatic carbocycles. The predicted octanol–water partition coefficient (Wildman–Crippen LogP) is 3.01. The number of rotatable bonds is 6. The molecule has 1 aliphatic rings. The van der Waals surface area contributed by atoms with Crippen molar-refractivity contribution in [2.45, 2.75) is 64.6 Å². The summed E-state index contributed by atoms with van der Waals surface area (Å²) in [5.41, 5.74) is 1.17. The van der Waals surface area contributed by atoms with Crippen molar-refractivity contribution in [1.82, 2.24) is 18.7 Å². The third kappa shape index (κ3) is 4.24. The van der Waals surface area contributed by atoms with E-state index in [1.807, 2.05) is 42.7 Å². The Morgan fingerprint density at radius 3 is 2.39 bits per heavy atom. The highest BCUT2D eigenvalue weighted by Gasteiger charge is 2.22. The third-order valence-corrected chi connectivity index (χ3v) is 5.92. The molecule has 0 atom stereocenters. The number of hydrogen-bond acceptors (Lipinski definition) is 5. The highest BCUT2D eigenvalue weighted by molar-refractivity contribution is 5.74. The number of anilines is 1. The summed E-state index contributed by atoms with van der Waals surface area (Å²) in [5.74, 6) is 1.45. The number of nitrogens with zero attached hydrogens (tertiary/aromatic N) is 4. The van der Waals surface area contributed by atoms with Crippen molar-refractivity contribution in [2.75, 3.05) is 5.32 Å². The Balaban J connectivity index is 1.78. The molecule has 1 saturated carbocycles. The molecular weight excluding hydrogens is 394 g/mol. The number of fused-ring (bicyclic) bond motifs is 1. The molecule has 8 heteroatoms. The van der Waals surface area contributed by atoms with Crippen LogP contribution in [0.2, 0.25) is 0 Å². The summed E-state index contributed by atoms with van der Waals surface area (Å²) < 4.78 is 10.2. The van der Waals surface area contributed by atoms with Gasteiger partial charge in [-0.2, -0.15) is 4.98 Å². The van der Waals surface area contributed by atoms with E-state index in [0.717, 1.165) is 28.7 Å². The van der Waals surface area contributed by atoms with Crippen LogP contribution in [-0.4, -0.2) is 30.8 Å². The van der Waals surface area contributed by atoms with Gasteiger partial charge in [-0.3, -0.25) is 18.5 Å². The fourth-order valence-electron chi connectivity index (χ4n) is 4.27. The van der Waals surface area contributed by atoms with Gasteiger partial charge in [-0.1, -0.05) is 31.4 Å². The van der Waals surface area contributed by atoms with E-state index in [4.69, 9.17) is 9.72 Å². The van der Waals surface area contributed by atoms with E-state index in [9.17, 15) is 9.59 Å². The largest absolute Gasteiger partial charge is 0.491 e. The number of imidazole rings is 1. The molecule has 2 heterocycles. The van der Waals surface area contributed by atoms with Crippen LogP contribution < -0.4 is 21.3 Å². The van der Waals surface area contributed by atoms with E-state index < -0.39 is 0 Å². The highest BCUT2D eigenvalue weighted by Crippen LogP contribution is 2.24. The van der Waals surface area contributed by atoms with Gasteiger partial charge in [0, 0.05) is 20.1 Å². The van der Waals surface area contributed by atoms with E-state index in [2.05, 4.69) is 5.32 Å². The number of hydrogen-bond donors (Lipinski definition) is 1. The van der Waals surface area contributed by atoms with Gasteiger partial charge in [0.05, 0.1) is 12.6 Å². The zero-order chi connectivity index (χ0) is 22.1. The van der Waals surface area contributed by atoms with Crippen molar-refractivity contribution in [1.29, 1.82) is 0 Å².